The number of rotatable bonds is 5. The van der Waals surface area contributed by atoms with Crippen LogP contribution >= 0.6 is 0 Å². The molecule has 0 unspecified atom stereocenters. The van der Waals surface area contributed by atoms with Crippen molar-refractivity contribution in [1.29, 1.82) is 0 Å². The molecule has 144 valence electrons. The molecule has 6 nitrogen and oxygen atoms in total. The van der Waals surface area contributed by atoms with E-state index in [1.165, 1.54) is 12.1 Å². The molecule has 0 amide bonds. The monoisotopic (exact) mass is 380 g/mol. The third kappa shape index (κ3) is 3.93. The zero-order valence-electron chi connectivity index (χ0n) is 15.4. The first-order chi connectivity index (χ1) is 12.4. The lowest BCUT2D eigenvalue weighted by atomic mass is 9.91. The average molecular weight is 381 g/mol. The van der Waals surface area contributed by atoms with Crippen LogP contribution in [0.25, 0.3) is 0 Å². The number of hydrogen-bond donors (Lipinski definition) is 0. The summed E-state index contributed by atoms with van der Waals surface area (Å²) in [4.78, 5) is 10.8. The average Bonchev–Trinajstić information content (AvgIpc) is 2.63. The van der Waals surface area contributed by atoms with E-state index in [4.69, 9.17) is 0 Å². The maximum absolute atomic E-state index is 13.5. The van der Waals surface area contributed by atoms with Crippen molar-refractivity contribution in [1.82, 2.24) is 4.31 Å². The lowest BCUT2D eigenvalue weighted by molar-refractivity contribution is -0.385. The number of hydrogen-bond acceptors (Lipinski definition) is 4. The molecular formula is C19H28N2O4S. The van der Waals surface area contributed by atoms with Gasteiger partial charge < -0.3 is 0 Å². The van der Waals surface area contributed by atoms with Crippen LogP contribution in [-0.2, 0) is 10.0 Å². The molecule has 0 N–H and O–H groups in total. The van der Waals surface area contributed by atoms with Gasteiger partial charge in [0.05, 0.1) is 9.82 Å². The van der Waals surface area contributed by atoms with Gasteiger partial charge in [0.15, 0.2) is 0 Å². The summed E-state index contributed by atoms with van der Waals surface area (Å²) in [6, 6.07) is 4.36. The molecule has 0 saturated heterocycles. The minimum absolute atomic E-state index is 0.0252. The van der Waals surface area contributed by atoms with Crippen LogP contribution in [0.5, 0.6) is 0 Å². The smallest absolute Gasteiger partial charge is 0.258 e. The summed E-state index contributed by atoms with van der Waals surface area (Å²) >= 11 is 0. The molecule has 1 aromatic rings. The Morgan fingerprint density at radius 1 is 0.962 bits per heavy atom. The van der Waals surface area contributed by atoms with Crippen molar-refractivity contribution in [2.45, 2.75) is 88.1 Å². The molecule has 0 spiro atoms. The fraction of sp³-hybridized carbons (Fsp3) is 0.684. The van der Waals surface area contributed by atoms with Gasteiger partial charge >= 0.3 is 0 Å². The van der Waals surface area contributed by atoms with Gasteiger partial charge in [-0.2, -0.15) is 4.31 Å². The van der Waals surface area contributed by atoms with Gasteiger partial charge in [0.2, 0.25) is 10.0 Å². The molecule has 0 radical (unpaired) electrons. The van der Waals surface area contributed by atoms with Crippen molar-refractivity contribution in [3.63, 3.8) is 0 Å². The van der Waals surface area contributed by atoms with Crippen LogP contribution in [0.4, 0.5) is 5.69 Å². The molecule has 2 fully saturated rings. The zero-order valence-corrected chi connectivity index (χ0v) is 16.2. The van der Waals surface area contributed by atoms with E-state index in [-0.39, 0.29) is 22.7 Å². The maximum Gasteiger partial charge on any atom is 0.273 e. The van der Waals surface area contributed by atoms with Crippen LogP contribution < -0.4 is 0 Å². The minimum atomic E-state index is -3.74. The number of nitro benzene ring substituents is 1. The molecule has 0 aromatic heterocycles. The Labute approximate surface area is 155 Å². The van der Waals surface area contributed by atoms with Crippen molar-refractivity contribution >= 4 is 15.7 Å². The maximum atomic E-state index is 13.5. The van der Waals surface area contributed by atoms with Gasteiger partial charge in [-0.25, -0.2) is 8.42 Å². The van der Waals surface area contributed by atoms with Gasteiger partial charge in [-0.3, -0.25) is 10.1 Å². The highest BCUT2D eigenvalue weighted by atomic mass is 32.2. The second kappa shape index (κ2) is 8.05. The highest BCUT2D eigenvalue weighted by molar-refractivity contribution is 7.89. The predicted octanol–water partition coefficient (Wildman–Crippen LogP) is 4.56. The van der Waals surface area contributed by atoms with Gasteiger partial charge in [0, 0.05) is 23.7 Å². The van der Waals surface area contributed by atoms with E-state index in [0.29, 0.717) is 5.56 Å². The molecule has 2 saturated carbocycles. The molecule has 0 atom stereocenters. The molecule has 0 bridgehead atoms. The summed E-state index contributed by atoms with van der Waals surface area (Å²) < 4.78 is 28.8. The van der Waals surface area contributed by atoms with Crippen molar-refractivity contribution in [2.75, 3.05) is 0 Å². The van der Waals surface area contributed by atoms with Crippen molar-refractivity contribution in [2.24, 2.45) is 0 Å². The number of aryl methyl sites for hydroxylation is 1. The molecular weight excluding hydrogens is 352 g/mol. The van der Waals surface area contributed by atoms with Gasteiger partial charge in [-0.05, 0) is 38.7 Å². The van der Waals surface area contributed by atoms with Crippen LogP contribution in [0, 0.1) is 17.0 Å². The van der Waals surface area contributed by atoms with Crippen molar-refractivity contribution in [3.8, 4) is 0 Å². The van der Waals surface area contributed by atoms with E-state index >= 15 is 0 Å². The van der Waals surface area contributed by atoms with Crippen LogP contribution in [0.1, 0.15) is 69.8 Å². The molecule has 1 aromatic carbocycles. The second-order valence-electron chi connectivity index (χ2n) is 7.62. The fourth-order valence-corrected chi connectivity index (χ4v) is 6.38. The standard InChI is InChI=1S/C19H28N2O4S/c1-15-12-13-18(14-19(15)21(22)23)26(24,25)20(16-8-4-2-5-9-16)17-10-6-3-7-11-17/h12-14,16-17H,2-11H2,1H3. The third-order valence-electron chi connectivity index (χ3n) is 5.82. The summed E-state index contributed by atoms with van der Waals surface area (Å²) in [7, 11) is -3.74. The van der Waals surface area contributed by atoms with Crippen LogP contribution in [0.2, 0.25) is 0 Å². The first-order valence-corrected chi connectivity index (χ1v) is 11.1. The molecule has 0 heterocycles. The number of nitrogens with zero attached hydrogens (tertiary/aromatic N) is 2. The molecule has 2 aliphatic carbocycles. The summed E-state index contributed by atoms with van der Waals surface area (Å²) in [6.07, 6.45) is 10.1. The predicted molar refractivity (Wildman–Crippen MR) is 101 cm³/mol. The van der Waals surface area contributed by atoms with E-state index in [9.17, 15) is 18.5 Å². The molecule has 3 rings (SSSR count). The summed E-state index contributed by atoms with van der Waals surface area (Å²) in [6.45, 7) is 1.63. The highest BCUT2D eigenvalue weighted by Gasteiger charge is 2.38. The lowest BCUT2D eigenvalue weighted by Crippen LogP contribution is -2.48. The Bertz CT molecular complexity index is 733. The largest absolute Gasteiger partial charge is 0.273 e. The van der Waals surface area contributed by atoms with Gasteiger partial charge in [0.1, 0.15) is 0 Å². The Morgan fingerprint density at radius 3 is 1.92 bits per heavy atom. The molecule has 26 heavy (non-hydrogen) atoms. The Kier molecular flexibility index (Phi) is 5.97. The van der Waals surface area contributed by atoms with E-state index in [1.807, 2.05) is 0 Å². The molecule has 7 heteroatoms. The van der Waals surface area contributed by atoms with Crippen LogP contribution in [0.15, 0.2) is 23.1 Å². The minimum Gasteiger partial charge on any atom is -0.258 e. The lowest BCUT2D eigenvalue weighted by Gasteiger charge is -2.40. The second-order valence-corrected chi connectivity index (χ2v) is 9.47. The van der Waals surface area contributed by atoms with Crippen molar-refractivity contribution < 1.29 is 13.3 Å². The van der Waals surface area contributed by atoms with E-state index in [0.717, 1.165) is 64.2 Å². The molecule has 2 aliphatic rings. The zero-order chi connectivity index (χ0) is 18.7. The number of benzene rings is 1. The first kappa shape index (κ1) is 19.3. The summed E-state index contributed by atoms with van der Waals surface area (Å²) in [5.74, 6) is 0. The Morgan fingerprint density at radius 2 is 1.46 bits per heavy atom. The van der Waals surface area contributed by atoms with E-state index in [1.54, 1.807) is 17.3 Å². The van der Waals surface area contributed by atoms with Gasteiger partial charge in [-0.15, -0.1) is 0 Å². The van der Waals surface area contributed by atoms with Crippen molar-refractivity contribution in [3.05, 3.63) is 33.9 Å². The van der Waals surface area contributed by atoms with E-state index < -0.39 is 14.9 Å². The number of nitro groups is 1. The summed E-state index contributed by atoms with van der Waals surface area (Å²) in [5.41, 5.74) is 0.356. The van der Waals surface area contributed by atoms with E-state index in [2.05, 4.69) is 0 Å². The topological polar surface area (TPSA) is 80.5 Å². The Hall–Kier alpha value is -1.47. The van der Waals surface area contributed by atoms with Crippen LogP contribution in [-0.4, -0.2) is 29.7 Å². The first-order valence-electron chi connectivity index (χ1n) is 9.70. The highest BCUT2D eigenvalue weighted by Crippen LogP contribution is 2.35. The fourth-order valence-electron chi connectivity index (χ4n) is 4.43. The normalized spacial score (nSPS) is 20.4. The molecule has 0 aliphatic heterocycles. The summed E-state index contributed by atoms with van der Waals surface area (Å²) in [5, 5.41) is 11.3. The Balaban J connectivity index is 2.00. The number of sulfonamides is 1. The quantitative estimate of drug-likeness (QED) is 0.554. The van der Waals surface area contributed by atoms with Gasteiger partial charge in [-0.1, -0.05) is 44.6 Å². The SMILES string of the molecule is Cc1ccc(S(=O)(=O)N(C2CCCCC2)C2CCCCC2)cc1[N+](=O)[O-]. The van der Waals surface area contributed by atoms with Crippen LogP contribution in [0.3, 0.4) is 0 Å². The van der Waals surface area contributed by atoms with Gasteiger partial charge in [0.25, 0.3) is 5.69 Å². The third-order valence-corrected chi connectivity index (χ3v) is 7.82.